The van der Waals surface area contributed by atoms with E-state index in [2.05, 4.69) is 101 Å². The van der Waals surface area contributed by atoms with Crippen LogP contribution in [-0.2, 0) is 11.2 Å². The minimum absolute atomic E-state index is 0.0361. The Hall–Kier alpha value is -3.46. The second-order valence-corrected chi connectivity index (χ2v) is 12.0. The summed E-state index contributed by atoms with van der Waals surface area (Å²) in [6.07, 6.45) is 21.0. The molecule has 1 aromatic rings. The van der Waals surface area contributed by atoms with Gasteiger partial charge in [0.25, 0.3) is 5.91 Å². The minimum Gasteiger partial charge on any atom is -0.348 e. The van der Waals surface area contributed by atoms with Crippen molar-refractivity contribution in [2.24, 2.45) is 15.9 Å². The lowest BCUT2D eigenvalue weighted by molar-refractivity contribution is -0.115. The van der Waals surface area contributed by atoms with Crippen molar-refractivity contribution in [1.82, 2.24) is 5.32 Å². The zero-order chi connectivity index (χ0) is 36.0. The molecule has 1 unspecified atom stereocenters. The zero-order valence-electron chi connectivity index (χ0n) is 31.8. The molecule has 0 aliphatic heterocycles. The summed E-state index contributed by atoms with van der Waals surface area (Å²) >= 11 is 0. The van der Waals surface area contributed by atoms with E-state index in [1.807, 2.05) is 32.9 Å². The van der Waals surface area contributed by atoms with Crippen LogP contribution in [0.15, 0.2) is 64.2 Å². The maximum atomic E-state index is 12.7. The van der Waals surface area contributed by atoms with Crippen LogP contribution in [0.25, 0.3) is 0 Å². The van der Waals surface area contributed by atoms with Gasteiger partial charge in [0.1, 0.15) is 0 Å². The van der Waals surface area contributed by atoms with Gasteiger partial charge in [0.2, 0.25) is 0 Å². The molecule has 47 heavy (non-hydrogen) atoms. The van der Waals surface area contributed by atoms with Crippen molar-refractivity contribution in [3.8, 4) is 6.07 Å². The first-order valence-corrected chi connectivity index (χ1v) is 18.3. The van der Waals surface area contributed by atoms with Crippen LogP contribution in [0.2, 0.25) is 0 Å². The third kappa shape index (κ3) is 20.4. The number of nitrogens with one attached hydrogen (secondary N) is 1. The summed E-state index contributed by atoms with van der Waals surface area (Å²) in [6.45, 7) is 24.8. The molecule has 0 aromatic heterocycles. The van der Waals surface area contributed by atoms with Gasteiger partial charge < -0.3 is 11.2 Å². The summed E-state index contributed by atoms with van der Waals surface area (Å²) in [5.74, 6) is 5.47. The Balaban J connectivity index is 0. The number of allylic oxidation sites excluding steroid dienone is 3. The van der Waals surface area contributed by atoms with Crippen LogP contribution in [0.3, 0.4) is 0 Å². The zero-order valence-corrected chi connectivity index (χ0v) is 31.8. The van der Waals surface area contributed by atoms with Crippen molar-refractivity contribution >= 4 is 17.8 Å². The fourth-order valence-corrected chi connectivity index (χ4v) is 4.89. The average molecular weight is 648 g/mol. The van der Waals surface area contributed by atoms with Gasteiger partial charge in [0.15, 0.2) is 5.71 Å². The third-order valence-corrected chi connectivity index (χ3v) is 7.56. The van der Waals surface area contributed by atoms with E-state index >= 15 is 0 Å². The number of aryl methyl sites for hydroxylation is 1. The first-order valence-electron chi connectivity index (χ1n) is 18.3. The lowest BCUT2D eigenvalue weighted by Gasteiger charge is -2.36. The normalized spacial score (nSPS) is 16.4. The van der Waals surface area contributed by atoms with Crippen molar-refractivity contribution < 1.29 is 4.79 Å². The second kappa shape index (κ2) is 29.9. The molecule has 0 heterocycles. The Bertz CT molecular complexity index is 1150. The molecule has 1 aliphatic rings. The van der Waals surface area contributed by atoms with Crippen molar-refractivity contribution in [3.63, 3.8) is 0 Å². The van der Waals surface area contributed by atoms with E-state index in [9.17, 15) is 10.1 Å². The highest BCUT2D eigenvalue weighted by Gasteiger charge is 2.33. The number of unbranched alkanes of at least 4 members (excludes halogenated alkanes) is 3. The Kier molecular flexibility index (Phi) is 29.1. The largest absolute Gasteiger partial charge is 0.348 e. The number of amides is 1. The standard InChI is InChI=1S/C28H39N5O.C6H12.C5H12.C2H6/c1-5-8-11-22(12-9-6-2)20(4)31-19-27(33-30)28(34)32-25-16-24(17-25)26-15-21(10-7-3)13-14-23(26)18-29;1-4-5-6(2)3;1-3-5-4-2;1-2/h8,11-15,19-20,24-25H,5-7,9-10,16-17,30H2,1-4H3,(H,32,34);2,4-5H2,1,3H3;3-5H2,1-2H3;1-2H3/b11-8+,22-12+,31-19?,33-27+;;;. The summed E-state index contributed by atoms with van der Waals surface area (Å²) < 4.78 is 0. The molecule has 2 rings (SSSR count). The van der Waals surface area contributed by atoms with Gasteiger partial charge in [-0.15, -0.1) is 6.58 Å². The molecular weight excluding hydrogens is 578 g/mol. The van der Waals surface area contributed by atoms with Gasteiger partial charge in [-0.2, -0.15) is 10.4 Å². The monoisotopic (exact) mass is 648 g/mol. The number of aliphatic imine (C=N–C) groups is 1. The first kappa shape index (κ1) is 45.7. The molecule has 6 nitrogen and oxygen atoms in total. The summed E-state index contributed by atoms with van der Waals surface area (Å²) in [5, 5.41) is 16.2. The second-order valence-electron chi connectivity index (χ2n) is 12.0. The molecule has 1 amide bonds. The number of carbonyl (C=O) groups excluding carboxylic acids is 1. The molecule has 264 valence electrons. The first-order chi connectivity index (χ1) is 22.6. The van der Waals surface area contributed by atoms with Gasteiger partial charge in [-0.3, -0.25) is 9.79 Å². The van der Waals surface area contributed by atoms with Gasteiger partial charge in [-0.1, -0.05) is 130 Å². The van der Waals surface area contributed by atoms with E-state index in [0.717, 1.165) is 61.6 Å². The van der Waals surface area contributed by atoms with Gasteiger partial charge in [0.05, 0.1) is 23.9 Å². The van der Waals surface area contributed by atoms with Crippen molar-refractivity contribution in [2.45, 2.75) is 164 Å². The summed E-state index contributed by atoms with van der Waals surface area (Å²) in [7, 11) is 0. The quantitative estimate of drug-likeness (QED) is 0.0613. The molecule has 1 fully saturated rings. The number of hydrazone groups is 1. The molecule has 0 bridgehead atoms. The molecule has 6 heteroatoms. The lowest BCUT2D eigenvalue weighted by Crippen LogP contribution is -2.46. The number of nitrogens with zero attached hydrogens (tertiary/aromatic N) is 3. The fourth-order valence-electron chi connectivity index (χ4n) is 4.89. The number of nitriles is 1. The van der Waals surface area contributed by atoms with Gasteiger partial charge >= 0.3 is 0 Å². The summed E-state index contributed by atoms with van der Waals surface area (Å²) in [4.78, 5) is 17.2. The number of hydrogen-bond donors (Lipinski definition) is 2. The number of hydrogen-bond acceptors (Lipinski definition) is 5. The molecule has 0 radical (unpaired) electrons. The molecule has 1 atom stereocenters. The lowest BCUT2D eigenvalue weighted by atomic mass is 9.74. The maximum Gasteiger partial charge on any atom is 0.273 e. The fraction of sp³-hybridized carbons (Fsp3) is 0.610. The van der Waals surface area contributed by atoms with Crippen molar-refractivity contribution in [1.29, 1.82) is 5.26 Å². The highest BCUT2D eigenvalue weighted by atomic mass is 16.2. The van der Waals surface area contributed by atoms with Gasteiger partial charge in [-0.25, -0.2) is 0 Å². The summed E-state index contributed by atoms with van der Waals surface area (Å²) in [5.41, 5.74) is 5.60. The van der Waals surface area contributed by atoms with Crippen molar-refractivity contribution in [2.75, 3.05) is 0 Å². The number of benzene rings is 1. The van der Waals surface area contributed by atoms with E-state index in [-0.39, 0.29) is 29.6 Å². The van der Waals surface area contributed by atoms with Crippen LogP contribution in [0.1, 0.15) is 162 Å². The van der Waals surface area contributed by atoms with Crippen LogP contribution >= 0.6 is 0 Å². The van der Waals surface area contributed by atoms with E-state index in [0.29, 0.717) is 0 Å². The number of nitrogens with two attached hydrogens (primary N) is 1. The van der Waals surface area contributed by atoms with Crippen molar-refractivity contribution in [3.05, 3.63) is 70.8 Å². The minimum atomic E-state index is -0.315. The summed E-state index contributed by atoms with van der Waals surface area (Å²) in [6, 6.07) is 8.36. The Labute approximate surface area is 289 Å². The smallest absolute Gasteiger partial charge is 0.273 e. The van der Waals surface area contributed by atoms with Gasteiger partial charge in [0, 0.05) is 6.04 Å². The molecular formula is C41H69N5O. The maximum absolute atomic E-state index is 12.7. The van der Waals surface area contributed by atoms with E-state index in [4.69, 9.17) is 5.84 Å². The van der Waals surface area contributed by atoms with Gasteiger partial charge in [-0.05, 0) is 81.1 Å². The molecule has 0 spiro atoms. The molecule has 1 aliphatic carbocycles. The Morgan fingerprint density at radius 3 is 2.19 bits per heavy atom. The van der Waals surface area contributed by atoms with E-state index in [1.165, 1.54) is 49.5 Å². The molecule has 1 saturated carbocycles. The predicted octanol–water partition coefficient (Wildman–Crippen LogP) is 10.9. The van der Waals surface area contributed by atoms with Crippen LogP contribution in [0.4, 0.5) is 0 Å². The van der Waals surface area contributed by atoms with Crippen LogP contribution in [0, 0.1) is 11.3 Å². The third-order valence-electron chi connectivity index (χ3n) is 7.56. The average Bonchev–Trinajstić information content (AvgIpc) is 3.05. The highest BCUT2D eigenvalue weighted by molar-refractivity contribution is 6.60. The Morgan fingerprint density at radius 2 is 1.74 bits per heavy atom. The highest BCUT2D eigenvalue weighted by Crippen LogP contribution is 2.39. The molecule has 1 aromatic carbocycles. The number of rotatable bonds is 16. The topological polar surface area (TPSA) is 104 Å². The Morgan fingerprint density at radius 1 is 1.09 bits per heavy atom. The number of carbonyl (C=O) groups is 1. The van der Waals surface area contributed by atoms with Crippen LogP contribution in [-0.4, -0.2) is 29.9 Å². The van der Waals surface area contributed by atoms with E-state index < -0.39 is 0 Å². The molecule has 3 N–H and O–H groups in total. The van der Waals surface area contributed by atoms with Crippen LogP contribution in [0.5, 0.6) is 0 Å². The van der Waals surface area contributed by atoms with E-state index in [1.54, 1.807) is 0 Å². The predicted molar refractivity (Wildman–Crippen MR) is 207 cm³/mol. The van der Waals surface area contributed by atoms with Crippen LogP contribution < -0.4 is 11.2 Å². The molecule has 0 saturated heterocycles. The SMILES string of the molecule is C=C(C)CCC.CC.CC/C=C/C(=C\CCC)C(C)N=C/C(=N\N)C(=O)NC1CC(c2cc(CCC)ccc2C#N)C1.CCCCC.